The maximum atomic E-state index is 13.6. The first-order chi connectivity index (χ1) is 17.3. The van der Waals surface area contributed by atoms with Crippen molar-refractivity contribution in [2.45, 2.75) is 96.3 Å². The van der Waals surface area contributed by atoms with Gasteiger partial charge in [-0.1, -0.05) is 80.3 Å². The summed E-state index contributed by atoms with van der Waals surface area (Å²) in [4.78, 5) is 13.2. The molecule has 1 N–H and O–H groups in total. The summed E-state index contributed by atoms with van der Waals surface area (Å²) in [6, 6.07) is 12.3. The Bertz CT molecular complexity index is 1130. The third-order valence-corrected chi connectivity index (χ3v) is 8.56. The van der Waals surface area contributed by atoms with Crippen LogP contribution >= 0.6 is 0 Å². The van der Waals surface area contributed by atoms with Gasteiger partial charge in [0.2, 0.25) is 0 Å². The second-order valence-corrected chi connectivity index (χ2v) is 11.9. The largest absolute Gasteiger partial charge is 0.271 e. The summed E-state index contributed by atoms with van der Waals surface area (Å²) < 4.78 is 28.5. The Morgan fingerprint density at radius 2 is 1.33 bits per heavy atom. The minimum absolute atomic E-state index is 0.159. The molecule has 0 spiro atoms. The molecule has 0 atom stereocenters. The first kappa shape index (κ1) is 27.9. The molecule has 2 aromatic rings. The third kappa shape index (κ3) is 8.19. The van der Waals surface area contributed by atoms with Gasteiger partial charge in [0.1, 0.15) is 6.54 Å². The normalized spacial score (nSPS) is 15.9. The molecule has 0 unspecified atom stereocenters. The number of anilines is 1. The fraction of sp³-hybridized carbons (Fsp3) is 0.517. The predicted molar refractivity (Wildman–Crippen MR) is 148 cm³/mol. The van der Waals surface area contributed by atoms with E-state index in [9.17, 15) is 13.2 Å². The van der Waals surface area contributed by atoms with E-state index in [-0.39, 0.29) is 11.4 Å². The Kier molecular flexibility index (Phi) is 10.5. The standard InChI is InChI=1S/C29H41N3O3S/c1-23-15-18-27(19-16-23)36(34,35)32(28-20-17-24(2)21-25(28)3)22-29(33)31-30-26-13-11-9-7-5-4-6-8-10-12-14-26/h15-21H,4-14,22H2,1-3H3,(H,31,33). The summed E-state index contributed by atoms with van der Waals surface area (Å²) in [5.41, 5.74) is 6.97. The van der Waals surface area contributed by atoms with E-state index in [1.165, 1.54) is 49.3 Å². The van der Waals surface area contributed by atoms with Crippen LogP contribution in [-0.4, -0.2) is 26.6 Å². The van der Waals surface area contributed by atoms with Crippen molar-refractivity contribution < 1.29 is 13.2 Å². The minimum Gasteiger partial charge on any atom is -0.271 e. The number of benzene rings is 2. The topological polar surface area (TPSA) is 78.8 Å². The molecule has 196 valence electrons. The van der Waals surface area contributed by atoms with Crippen molar-refractivity contribution >= 4 is 27.3 Å². The van der Waals surface area contributed by atoms with Crippen LogP contribution in [0, 0.1) is 20.8 Å². The maximum Gasteiger partial charge on any atom is 0.264 e. The zero-order valence-corrected chi connectivity index (χ0v) is 22.9. The average Bonchev–Trinajstić information content (AvgIpc) is 2.83. The molecule has 0 saturated heterocycles. The SMILES string of the molecule is Cc1ccc(S(=O)(=O)N(CC(=O)NN=C2CCCCCCCCCCC2)c2ccc(C)cc2C)cc1. The predicted octanol–water partition coefficient (Wildman–Crippen LogP) is 6.58. The van der Waals surface area contributed by atoms with Crippen LogP contribution in [0.3, 0.4) is 0 Å². The van der Waals surface area contributed by atoms with E-state index < -0.39 is 15.9 Å². The van der Waals surface area contributed by atoms with Gasteiger partial charge in [-0.15, -0.1) is 0 Å². The van der Waals surface area contributed by atoms with Crippen LogP contribution in [0.15, 0.2) is 52.5 Å². The van der Waals surface area contributed by atoms with E-state index in [0.717, 1.165) is 48.1 Å². The maximum absolute atomic E-state index is 13.6. The zero-order valence-electron chi connectivity index (χ0n) is 22.1. The fourth-order valence-electron chi connectivity index (χ4n) is 4.66. The molecule has 0 aromatic heterocycles. The Hall–Kier alpha value is -2.67. The summed E-state index contributed by atoms with van der Waals surface area (Å²) in [6.07, 6.45) is 12.7. The highest BCUT2D eigenvalue weighted by Crippen LogP contribution is 2.27. The molecular weight excluding hydrogens is 470 g/mol. The van der Waals surface area contributed by atoms with E-state index in [4.69, 9.17) is 0 Å². The first-order valence-corrected chi connectivity index (χ1v) is 14.7. The molecule has 7 heteroatoms. The van der Waals surface area contributed by atoms with Gasteiger partial charge < -0.3 is 0 Å². The van der Waals surface area contributed by atoms with E-state index in [0.29, 0.717) is 5.69 Å². The number of carbonyl (C=O) groups is 1. The number of nitrogens with one attached hydrogen (secondary N) is 1. The third-order valence-electron chi connectivity index (χ3n) is 6.79. The highest BCUT2D eigenvalue weighted by atomic mass is 32.2. The quantitative estimate of drug-likeness (QED) is 0.445. The van der Waals surface area contributed by atoms with Gasteiger partial charge >= 0.3 is 0 Å². The molecule has 2 aromatic carbocycles. The number of amides is 1. The molecule has 0 bridgehead atoms. The molecule has 6 nitrogen and oxygen atoms in total. The van der Waals surface area contributed by atoms with Gasteiger partial charge in [-0.2, -0.15) is 5.10 Å². The molecule has 1 amide bonds. The number of nitrogens with zero attached hydrogens (tertiary/aromatic N) is 2. The van der Waals surface area contributed by atoms with Gasteiger partial charge in [0.05, 0.1) is 10.6 Å². The van der Waals surface area contributed by atoms with Crippen molar-refractivity contribution in [2.24, 2.45) is 5.10 Å². The van der Waals surface area contributed by atoms with Gasteiger partial charge in [0.25, 0.3) is 15.9 Å². The molecular formula is C29H41N3O3S. The monoisotopic (exact) mass is 511 g/mol. The second kappa shape index (κ2) is 13.6. The lowest BCUT2D eigenvalue weighted by atomic mass is 10.00. The van der Waals surface area contributed by atoms with E-state index in [1.54, 1.807) is 30.3 Å². The summed E-state index contributed by atoms with van der Waals surface area (Å²) in [5, 5.41) is 4.46. The highest BCUT2D eigenvalue weighted by molar-refractivity contribution is 7.92. The van der Waals surface area contributed by atoms with Crippen molar-refractivity contribution in [1.82, 2.24) is 5.43 Å². The minimum atomic E-state index is -3.95. The van der Waals surface area contributed by atoms with Crippen LogP contribution < -0.4 is 9.73 Å². The lowest BCUT2D eigenvalue weighted by Gasteiger charge is -2.25. The summed E-state index contributed by atoms with van der Waals surface area (Å²) in [5.74, 6) is -0.440. The molecule has 0 aliphatic heterocycles. The van der Waals surface area contributed by atoms with E-state index in [2.05, 4.69) is 10.5 Å². The van der Waals surface area contributed by atoms with Crippen molar-refractivity contribution in [3.05, 3.63) is 59.2 Å². The average molecular weight is 512 g/mol. The summed E-state index contributed by atoms with van der Waals surface area (Å²) in [7, 11) is -3.95. The van der Waals surface area contributed by atoms with Crippen molar-refractivity contribution in [3.63, 3.8) is 0 Å². The molecule has 0 heterocycles. The van der Waals surface area contributed by atoms with Crippen molar-refractivity contribution in [2.75, 3.05) is 10.8 Å². The lowest BCUT2D eigenvalue weighted by molar-refractivity contribution is -0.119. The van der Waals surface area contributed by atoms with Gasteiger partial charge in [0, 0.05) is 5.71 Å². The van der Waals surface area contributed by atoms with Crippen molar-refractivity contribution in [3.8, 4) is 0 Å². The lowest BCUT2D eigenvalue weighted by Crippen LogP contribution is -2.40. The van der Waals surface area contributed by atoms with Gasteiger partial charge in [0.15, 0.2) is 0 Å². The number of hydrogen-bond donors (Lipinski definition) is 1. The number of sulfonamides is 1. The molecule has 3 rings (SSSR count). The van der Waals surface area contributed by atoms with Crippen LogP contribution in [0.5, 0.6) is 0 Å². The number of hydrazone groups is 1. The smallest absolute Gasteiger partial charge is 0.264 e. The Morgan fingerprint density at radius 3 is 1.89 bits per heavy atom. The van der Waals surface area contributed by atoms with E-state index >= 15 is 0 Å². The molecule has 1 aliphatic rings. The summed E-state index contributed by atoms with van der Waals surface area (Å²) in [6.45, 7) is 5.40. The molecule has 1 fully saturated rings. The van der Waals surface area contributed by atoms with Crippen LogP contribution in [0.1, 0.15) is 87.3 Å². The Labute approximate surface area is 217 Å². The fourth-order valence-corrected chi connectivity index (χ4v) is 6.15. The number of hydrogen-bond acceptors (Lipinski definition) is 4. The van der Waals surface area contributed by atoms with Gasteiger partial charge in [-0.25, -0.2) is 13.8 Å². The van der Waals surface area contributed by atoms with Gasteiger partial charge in [-0.3, -0.25) is 9.10 Å². The number of carbonyl (C=O) groups excluding carboxylic acids is 1. The molecule has 0 radical (unpaired) electrons. The first-order valence-electron chi connectivity index (χ1n) is 13.3. The second-order valence-electron chi connectivity index (χ2n) is 10.0. The van der Waals surface area contributed by atoms with Crippen LogP contribution in [0.25, 0.3) is 0 Å². The Balaban J connectivity index is 1.80. The van der Waals surface area contributed by atoms with Crippen LogP contribution in [-0.2, 0) is 14.8 Å². The van der Waals surface area contributed by atoms with Crippen LogP contribution in [0.4, 0.5) is 5.69 Å². The molecule has 1 saturated carbocycles. The van der Waals surface area contributed by atoms with E-state index in [1.807, 2.05) is 32.9 Å². The summed E-state index contributed by atoms with van der Waals surface area (Å²) >= 11 is 0. The Morgan fingerprint density at radius 1 is 0.806 bits per heavy atom. The highest BCUT2D eigenvalue weighted by Gasteiger charge is 2.28. The zero-order chi connectivity index (χ0) is 26.0. The number of rotatable bonds is 6. The van der Waals surface area contributed by atoms with Gasteiger partial charge in [-0.05, 0) is 70.2 Å². The molecule has 1 aliphatic carbocycles. The molecule has 36 heavy (non-hydrogen) atoms. The van der Waals surface area contributed by atoms with Crippen molar-refractivity contribution in [1.29, 1.82) is 0 Å². The number of aryl methyl sites for hydroxylation is 3. The van der Waals surface area contributed by atoms with Crippen LogP contribution in [0.2, 0.25) is 0 Å².